The minimum absolute atomic E-state index is 0.680. The van der Waals surface area contributed by atoms with Gasteiger partial charge in [0.15, 0.2) is 11.4 Å². The zero-order valence-corrected chi connectivity index (χ0v) is 30.8. The summed E-state index contributed by atoms with van der Waals surface area (Å²) in [5.74, 6) is 0.680. The Kier molecular flexibility index (Phi) is 7.78. The van der Waals surface area contributed by atoms with Crippen molar-refractivity contribution in [1.82, 2.24) is 15.0 Å². The number of furan rings is 1. The molecule has 8 aromatic carbocycles. The minimum Gasteiger partial charge on any atom is -0.454 e. The van der Waals surface area contributed by atoms with Gasteiger partial charge in [-0.3, -0.25) is 0 Å². The molecule has 0 unspecified atom stereocenters. The molecule has 0 aliphatic heterocycles. The van der Waals surface area contributed by atoms with Crippen molar-refractivity contribution in [3.63, 3.8) is 0 Å². The van der Waals surface area contributed by atoms with Crippen LogP contribution < -0.4 is 0 Å². The van der Waals surface area contributed by atoms with Gasteiger partial charge in [0, 0.05) is 38.4 Å². The van der Waals surface area contributed by atoms with Crippen molar-refractivity contribution >= 4 is 43.6 Å². The second kappa shape index (κ2) is 13.6. The number of hydrogen-bond acceptors (Lipinski definition) is 4. The highest BCUT2D eigenvalue weighted by Gasteiger charge is 2.20. The van der Waals surface area contributed by atoms with Crippen LogP contribution in [-0.2, 0) is 0 Å². The van der Waals surface area contributed by atoms with E-state index < -0.39 is 0 Å². The van der Waals surface area contributed by atoms with E-state index in [0.29, 0.717) is 5.82 Å². The monoisotopic (exact) mass is 727 g/mol. The minimum atomic E-state index is 0.680. The Bertz CT molecular complexity index is 3260. The van der Waals surface area contributed by atoms with Crippen LogP contribution in [0.1, 0.15) is 0 Å². The summed E-state index contributed by atoms with van der Waals surface area (Å²) in [6.45, 7) is 0. The van der Waals surface area contributed by atoms with E-state index in [9.17, 15) is 0 Å². The van der Waals surface area contributed by atoms with Gasteiger partial charge >= 0.3 is 0 Å². The third-order valence-electron chi connectivity index (χ3n) is 10.9. The number of para-hydroxylation sites is 1. The predicted octanol–water partition coefficient (Wildman–Crippen LogP) is 14.1. The molecule has 0 saturated heterocycles. The molecule has 266 valence electrons. The molecule has 11 rings (SSSR count). The lowest BCUT2D eigenvalue weighted by atomic mass is 9.96. The van der Waals surface area contributed by atoms with E-state index in [0.717, 1.165) is 83.3 Å². The molecule has 57 heavy (non-hydrogen) atoms. The number of pyridine rings is 1. The molecule has 0 spiro atoms. The third kappa shape index (κ3) is 5.83. The molecule has 4 nitrogen and oxygen atoms in total. The van der Waals surface area contributed by atoms with Gasteiger partial charge in [-0.1, -0.05) is 176 Å². The fourth-order valence-electron chi connectivity index (χ4n) is 8.05. The van der Waals surface area contributed by atoms with Crippen LogP contribution in [-0.4, -0.2) is 15.0 Å². The molecular formula is C53H33N3O. The van der Waals surface area contributed by atoms with E-state index in [-0.39, 0.29) is 0 Å². The maximum atomic E-state index is 6.64. The van der Waals surface area contributed by atoms with Crippen molar-refractivity contribution in [3.05, 3.63) is 200 Å². The smallest absolute Gasteiger partial charge is 0.162 e. The number of rotatable bonds is 6. The summed E-state index contributed by atoms with van der Waals surface area (Å²) in [7, 11) is 0. The van der Waals surface area contributed by atoms with E-state index in [1.165, 1.54) is 21.9 Å². The Morgan fingerprint density at radius 3 is 1.63 bits per heavy atom. The standard InChI is InChI=1S/C53H33N3O/c1-3-12-34(13-4-1)35-22-26-39(27-23-35)47-33-46(38-15-5-2-6-16-38)55-53(56-47)40-28-24-36(25-29-40)41-17-11-18-42(32-41)51-52-50(44-20-9-10-21-48(44)57-52)49-43-19-8-7-14-37(43)30-31-45(49)54-51/h1-33H. The van der Waals surface area contributed by atoms with Crippen molar-refractivity contribution in [1.29, 1.82) is 0 Å². The molecule has 0 atom stereocenters. The SMILES string of the molecule is c1ccc(-c2ccc(-c3cc(-c4ccccc4)nc(-c4ccc(-c5cccc(-c6nc7ccc8ccccc8c7c7c6oc6ccccc67)c5)cc4)n3)cc2)cc1. The Labute approximate surface area is 329 Å². The van der Waals surface area contributed by atoms with Crippen LogP contribution in [0.25, 0.3) is 111 Å². The summed E-state index contributed by atoms with van der Waals surface area (Å²) in [6, 6.07) is 69.6. The molecule has 0 saturated carbocycles. The van der Waals surface area contributed by atoms with Gasteiger partial charge in [0.1, 0.15) is 11.3 Å². The van der Waals surface area contributed by atoms with Crippen molar-refractivity contribution in [2.45, 2.75) is 0 Å². The fraction of sp³-hybridized carbons (Fsp3) is 0. The maximum Gasteiger partial charge on any atom is 0.162 e. The Morgan fingerprint density at radius 2 is 0.877 bits per heavy atom. The lowest BCUT2D eigenvalue weighted by Gasteiger charge is -2.11. The van der Waals surface area contributed by atoms with E-state index in [1.807, 2.05) is 36.4 Å². The zero-order chi connectivity index (χ0) is 37.7. The predicted molar refractivity (Wildman–Crippen MR) is 235 cm³/mol. The van der Waals surface area contributed by atoms with E-state index in [2.05, 4.69) is 164 Å². The molecule has 4 heteroatoms. The normalized spacial score (nSPS) is 11.5. The van der Waals surface area contributed by atoms with Crippen LogP contribution in [0.2, 0.25) is 0 Å². The molecule has 0 N–H and O–H groups in total. The number of aromatic nitrogens is 3. The van der Waals surface area contributed by atoms with Crippen LogP contribution in [0.15, 0.2) is 205 Å². The molecule has 11 aromatic rings. The number of fused-ring (bicyclic) bond motifs is 7. The van der Waals surface area contributed by atoms with Gasteiger partial charge in [0.05, 0.1) is 16.9 Å². The average molecular weight is 728 g/mol. The number of hydrogen-bond donors (Lipinski definition) is 0. The van der Waals surface area contributed by atoms with Crippen molar-refractivity contribution in [3.8, 4) is 67.4 Å². The zero-order valence-electron chi connectivity index (χ0n) is 30.8. The second-order valence-corrected chi connectivity index (χ2v) is 14.4. The topological polar surface area (TPSA) is 51.8 Å². The first kappa shape index (κ1) is 32.7. The molecule has 0 fully saturated rings. The summed E-state index contributed by atoms with van der Waals surface area (Å²) in [5.41, 5.74) is 13.8. The average Bonchev–Trinajstić information content (AvgIpc) is 3.69. The van der Waals surface area contributed by atoms with E-state index >= 15 is 0 Å². The van der Waals surface area contributed by atoms with Gasteiger partial charge in [0.25, 0.3) is 0 Å². The Hall–Kier alpha value is -7.69. The van der Waals surface area contributed by atoms with E-state index in [1.54, 1.807) is 0 Å². The van der Waals surface area contributed by atoms with Crippen LogP contribution >= 0.6 is 0 Å². The van der Waals surface area contributed by atoms with E-state index in [4.69, 9.17) is 19.4 Å². The first-order valence-electron chi connectivity index (χ1n) is 19.2. The van der Waals surface area contributed by atoms with Gasteiger partial charge in [-0.25, -0.2) is 15.0 Å². The lowest BCUT2D eigenvalue weighted by molar-refractivity contribution is 0.669. The highest BCUT2D eigenvalue weighted by atomic mass is 16.3. The van der Waals surface area contributed by atoms with Gasteiger partial charge < -0.3 is 4.42 Å². The summed E-state index contributed by atoms with van der Waals surface area (Å²) < 4.78 is 6.64. The highest BCUT2D eigenvalue weighted by molar-refractivity contribution is 6.27. The highest BCUT2D eigenvalue weighted by Crippen LogP contribution is 2.42. The first-order valence-corrected chi connectivity index (χ1v) is 19.2. The van der Waals surface area contributed by atoms with Crippen LogP contribution in [0.4, 0.5) is 0 Å². The van der Waals surface area contributed by atoms with Crippen molar-refractivity contribution in [2.75, 3.05) is 0 Å². The molecule has 0 radical (unpaired) electrons. The molecule has 0 aliphatic carbocycles. The van der Waals surface area contributed by atoms with Gasteiger partial charge in [0.2, 0.25) is 0 Å². The number of nitrogens with zero attached hydrogens (tertiary/aromatic N) is 3. The first-order chi connectivity index (χ1) is 28.2. The van der Waals surface area contributed by atoms with Crippen LogP contribution in [0.5, 0.6) is 0 Å². The molecular weight excluding hydrogens is 695 g/mol. The van der Waals surface area contributed by atoms with Crippen molar-refractivity contribution in [2.24, 2.45) is 0 Å². The van der Waals surface area contributed by atoms with Gasteiger partial charge in [-0.05, 0) is 57.3 Å². The van der Waals surface area contributed by atoms with Crippen molar-refractivity contribution < 1.29 is 4.42 Å². The summed E-state index contributed by atoms with van der Waals surface area (Å²) in [5, 5.41) is 5.67. The molecule has 3 heterocycles. The molecule has 0 bridgehead atoms. The van der Waals surface area contributed by atoms with Gasteiger partial charge in [-0.2, -0.15) is 0 Å². The fourth-order valence-corrected chi connectivity index (χ4v) is 8.05. The molecule has 0 aliphatic rings. The number of benzene rings is 8. The Morgan fingerprint density at radius 1 is 0.333 bits per heavy atom. The quantitative estimate of drug-likeness (QED) is 0.160. The maximum absolute atomic E-state index is 6.64. The molecule has 0 amide bonds. The van der Waals surface area contributed by atoms with Gasteiger partial charge in [-0.15, -0.1) is 0 Å². The lowest BCUT2D eigenvalue weighted by Crippen LogP contribution is -1.96. The van der Waals surface area contributed by atoms with Crippen LogP contribution in [0, 0.1) is 0 Å². The Balaban J connectivity index is 0.984. The van der Waals surface area contributed by atoms with Crippen LogP contribution in [0.3, 0.4) is 0 Å². The summed E-state index contributed by atoms with van der Waals surface area (Å²) in [4.78, 5) is 15.5. The largest absolute Gasteiger partial charge is 0.454 e. The third-order valence-corrected chi connectivity index (χ3v) is 10.9. The summed E-state index contributed by atoms with van der Waals surface area (Å²) in [6.07, 6.45) is 0. The summed E-state index contributed by atoms with van der Waals surface area (Å²) >= 11 is 0. The molecule has 3 aromatic heterocycles. The second-order valence-electron chi connectivity index (χ2n) is 14.4.